The standard InChI is InChI=1S/C12H17ClN2O/c1-15-8(7-14)3-4-9-11(16-2)6-5-10(13)12(9)15/h5-6,8H,3-4,7,14H2,1-2H3. The van der Waals surface area contributed by atoms with E-state index in [1.54, 1.807) is 7.11 Å². The summed E-state index contributed by atoms with van der Waals surface area (Å²) >= 11 is 6.25. The summed E-state index contributed by atoms with van der Waals surface area (Å²) in [6.45, 7) is 0.656. The van der Waals surface area contributed by atoms with Crippen molar-refractivity contribution >= 4 is 17.3 Å². The highest BCUT2D eigenvalue weighted by Gasteiger charge is 2.26. The van der Waals surface area contributed by atoms with Crippen molar-refractivity contribution in [3.05, 3.63) is 22.7 Å². The number of nitrogens with zero attached hydrogens (tertiary/aromatic N) is 1. The van der Waals surface area contributed by atoms with Crippen molar-refractivity contribution in [3.8, 4) is 5.75 Å². The van der Waals surface area contributed by atoms with Crippen LogP contribution in [0.2, 0.25) is 5.02 Å². The number of hydrogen-bond donors (Lipinski definition) is 1. The van der Waals surface area contributed by atoms with Gasteiger partial charge < -0.3 is 15.4 Å². The van der Waals surface area contributed by atoms with Gasteiger partial charge in [0.05, 0.1) is 17.8 Å². The molecule has 1 atom stereocenters. The first-order valence-corrected chi connectivity index (χ1v) is 5.85. The Balaban J connectivity index is 2.50. The largest absolute Gasteiger partial charge is 0.496 e. The van der Waals surface area contributed by atoms with E-state index in [2.05, 4.69) is 4.90 Å². The molecule has 0 amide bonds. The summed E-state index contributed by atoms with van der Waals surface area (Å²) < 4.78 is 5.37. The zero-order valence-electron chi connectivity index (χ0n) is 9.66. The van der Waals surface area contributed by atoms with E-state index in [1.165, 1.54) is 5.56 Å². The first kappa shape index (κ1) is 11.6. The number of halogens is 1. The molecule has 0 saturated carbocycles. The van der Waals surface area contributed by atoms with Crippen molar-refractivity contribution < 1.29 is 4.74 Å². The Morgan fingerprint density at radius 3 is 2.94 bits per heavy atom. The van der Waals surface area contributed by atoms with Crippen molar-refractivity contribution in [2.75, 3.05) is 25.6 Å². The summed E-state index contributed by atoms with van der Waals surface area (Å²) in [5, 5.41) is 0.774. The average molecular weight is 241 g/mol. The molecule has 88 valence electrons. The number of hydrogen-bond acceptors (Lipinski definition) is 3. The molecule has 2 N–H and O–H groups in total. The van der Waals surface area contributed by atoms with Crippen LogP contribution in [0.4, 0.5) is 5.69 Å². The minimum atomic E-state index is 0.372. The summed E-state index contributed by atoms with van der Waals surface area (Å²) in [6, 6.07) is 4.18. The van der Waals surface area contributed by atoms with Crippen LogP contribution in [-0.2, 0) is 6.42 Å². The molecule has 1 heterocycles. The van der Waals surface area contributed by atoms with Gasteiger partial charge in [0, 0.05) is 25.2 Å². The normalized spacial score (nSPS) is 19.5. The molecule has 1 aliphatic rings. The molecule has 1 unspecified atom stereocenters. The van der Waals surface area contributed by atoms with Crippen molar-refractivity contribution in [2.45, 2.75) is 18.9 Å². The molecular weight excluding hydrogens is 224 g/mol. The molecule has 4 heteroatoms. The maximum atomic E-state index is 6.25. The third kappa shape index (κ3) is 1.74. The van der Waals surface area contributed by atoms with Crippen LogP contribution in [0.15, 0.2) is 12.1 Å². The minimum absolute atomic E-state index is 0.372. The second kappa shape index (κ2) is 4.52. The van der Waals surface area contributed by atoms with E-state index in [9.17, 15) is 0 Å². The molecule has 0 radical (unpaired) electrons. The van der Waals surface area contributed by atoms with Crippen molar-refractivity contribution in [1.82, 2.24) is 0 Å². The average Bonchev–Trinajstić information content (AvgIpc) is 2.30. The molecule has 1 aliphatic heterocycles. The van der Waals surface area contributed by atoms with Crippen LogP contribution in [-0.4, -0.2) is 26.7 Å². The zero-order valence-corrected chi connectivity index (χ0v) is 10.4. The van der Waals surface area contributed by atoms with Crippen LogP contribution >= 0.6 is 11.6 Å². The lowest BCUT2D eigenvalue weighted by molar-refractivity contribution is 0.405. The van der Waals surface area contributed by atoms with E-state index >= 15 is 0 Å². The summed E-state index contributed by atoms with van der Waals surface area (Å²) in [7, 11) is 3.74. The fourth-order valence-electron chi connectivity index (χ4n) is 2.37. The van der Waals surface area contributed by atoms with Gasteiger partial charge in [-0.2, -0.15) is 0 Å². The lowest BCUT2D eigenvalue weighted by atomic mass is 9.95. The van der Waals surface area contributed by atoms with Crippen molar-refractivity contribution in [1.29, 1.82) is 0 Å². The highest BCUT2D eigenvalue weighted by atomic mass is 35.5. The Bertz CT molecular complexity index is 395. The SMILES string of the molecule is COc1ccc(Cl)c2c1CCC(CN)N2C. The minimum Gasteiger partial charge on any atom is -0.496 e. The maximum absolute atomic E-state index is 6.25. The van der Waals surface area contributed by atoms with Gasteiger partial charge in [0.2, 0.25) is 0 Å². The van der Waals surface area contributed by atoms with Crippen molar-refractivity contribution in [3.63, 3.8) is 0 Å². The van der Waals surface area contributed by atoms with Crippen molar-refractivity contribution in [2.24, 2.45) is 5.73 Å². The maximum Gasteiger partial charge on any atom is 0.124 e. The summed E-state index contributed by atoms with van der Waals surface area (Å²) in [5.74, 6) is 0.918. The predicted molar refractivity (Wildman–Crippen MR) is 67.6 cm³/mol. The fraction of sp³-hybridized carbons (Fsp3) is 0.500. The number of ether oxygens (including phenoxy) is 1. The molecule has 2 rings (SSSR count). The van der Waals surface area contributed by atoms with Gasteiger partial charge in [-0.05, 0) is 25.0 Å². The van der Waals surface area contributed by atoms with Crippen LogP contribution in [0.25, 0.3) is 0 Å². The summed E-state index contributed by atoms with van der Waals surface area (Å²) in [4.78, 5) is 2.17. The Kier molecular flexibility index (Phi) is 3.26. The number of rotatable bonds is 2. The summed E-state index contributed by atoms with van der Waals surface area (Å²) in [6.07, 6.45) is 2.03. The van der Waals surface area contributed by atoms with Gasteiger partial charge in [0.1, 0.15) is 5.75 Å². The third-order valence-electron chi connectivity index (χ3n) is 3.31. The molecule has 1 aromatic carbocycles. The zero-order chi connectivity index (χ0) is 11.7. The van der Waals surface area contributed by atoms with E-state index in [1.807, 2.05) is 19.2 Å². The van der Waals surface area contributed by atoms with E-state index in [-0.39, 0.29) is 0 Å². The molecular formula is C12H17ClN2O. The molecule has 0 fully saturated rings. The van der Waals surface area contributed by atoms with Gasteiger partial charge >= 0.3 is 0 Å². The molecule has 0 aromatic heterocycles. The Hall–Kier alpha value is -0.930. The van der Waals surface area contributed by atoms with E-state index in [0.29, 0.717) is 12.6 Å². The predicted octanol–water partition coefficient (Wildman–Crippen LogP) is 2.06. The van der Waals surface area contributed by atoms with E-state index in [4.69, 9.17) is 22.1 Å². The summed E-state index contributed by atoms with van der Waals surface area (Å²) in [5.41, 5.74) is 8.02. The van der Waals surface area contributed by atoms with Gasteiger partial charge in [0.15, 0.2) is 0 Å². The molecule has 0 bridgehead atoms. The Morgan fingerprint density at radius 1 is 1.56 bits per heavy atom. The second-order valence-corrected chi connectivity index (χ2v) is 4.52. The number of nitrogens with two attached hydrogens (primary N) is 1. The van der Waals surface area contributed by atoms with Crippen LogP contribution < -0.4 is 15.4 Å². The highest BCUT2D eigenvalue weighted by molar-refractivity contribution is 6.33. The van der Waals surface area contributed by atoms with E-state index < -0.39 is 0 Å². The number of likely N-dealkylation sites (N-methyl/N-ethyl adjacent to an activating group) is 1. The highest BCUT2D eigenvalue weighted by Crippen LogP contribution is 2.40. The molecule has 16 heavy (non-hydrogen) atoms. The molecule has 0 saturated heterocycles. The second-order valence-electron chi connectivity index (χ2n) is 4.12. The third-order valence-corrected chi connectivity index (χ3v) is 3.62. The van der Waals surface area contributed by atoms with Gasteiger partial charge in [-0.25, -0.2) is 0 Å². The Morgan fingerprint density at radius 2 is 2.31 bits per heavy atom. The lowest BCUT2D eigenvalue weighted by Crippen LogP contribution is -2.41. The first-order chi connectivity index (χ1) is 7.69. The topological polar surface area (TPSA) is 38.5 Å². The number of anilines is 1. The lowest BCUT2D eigenvalue weighted by Gasteiger charge is -2.36. The molecule has 0 aliphatic carbocycles. The smallest absolute Gasteiger partial charge is 0.124 e. The molecule has 3 nitrogen and oxygen atoms in total. The Labute approximate surface area is 101 Å². The monoisotopic (exact) mass is 240 g/mol. The number of benzene rings is 1. The number of fused-ring (bicyclic) bond motifs is 1. The van der Waals surface area contributed by atoms with E-state index in [0.717, 1.165) is 29.3 Å². The molecule has 0 spiro atoms. The van der Waals surface area contributed by atoms with Crippen LogP contribution in [0.1, 0.15) is 12.0 Å². The van der Waals surface area contributed by atoms with Gasteiger partial charge in [-0.1, -0.05) is 11.6 Å². The van der Waals surface area contributed by atoms with Crippen LogP contribution in [0.5, 0.6) is 5.75 Å². The van der Waals surface area contributed by atoms with Gasteiger partial charge in [-0.3, -0.25) is 0 Å². The first-order valence-electron chi connectivity index (χ1n) is 5.47. The number of methoxy groups -OCH3 is 1. The molecule has 1 aromatic rings. The van der Waals surface area contributed by atoms with Gasteiger partial charge in [-0.15, -0.1) is 0 Å². The van der Waals surface area contributed by atoms with Gasteiger partial charge in [0.25, 0.3) is 0 Å². The fourth-order valence-corrected chi connectivity index (χ4v) is 2.68. The van der Waals surface area contributed by atoms with Crippen LogP contribution in [0, 0.1) is 0 Å². The van der Waals surface area contributed by atoms with Crippen LogP contribution in [0.3, 0.4) is 0 Å². The quantitative estimate of drug-likeness (QED) is 0.860.